The number of phosphoric acid groups is 3. The Balaban J connectivity index is 1.62. The zero-order chi connectivity index (χ0) is 22.3. The molecule has 15 nitrogen and oxygen atoms in total. The number of hydrogen-bond donors (Lipinski definition) is 5. The molecule has 0 aromatic carbocycles. The third-order valence-electron chi connectivity index (χ3n) is 3.77. The van der Waals surface area contributed by atoms with Crippen LogP contribution in [0.4, 0.5) is 5.95 Å². The van der Waals surface area contributed by atoms with Gasteiger partial charge in [-0.1, -0.05) is 23.8 Å². The van der Waals surface area contributed by atoms with Crippen molar-refractivity contribution in [3.8, 4) is 0 Å². The number of hydrogen-bond acceptors (Lipinski definition) is 10. The van der Waals surface area contributed by atoms with Crippen LogP contribution in [0.2, 0.25) is 5.15 Å². The molecule has 6 N–H and O–H groups in total. The third-order valence-corrected chi connectivity index (χ3v) is 7.84. The van der Waals surface area contributed by atoms with Crippen molar-refractivity contribution in [1.29, 1.82) is 0 Å². The molecule has 2 heterocycles. The molecule has 19 heteroatoms. The van der Waals surface area contributed by atoms with Gasteiger partial charge in [0, 0.05) is 5.92 Å². The predicted molar refractivity (Wildman–Crippen MR) is 101 cm³/mol. The van der Waals surface area contributed by atoms with Crippen molar-refractivity contribution in [3.63, 3.8) is 0 Å². The number of halogens is 1. The van der Waals surface area contributed by atoms with Crippen molar-refractivity contribution in [2.45, 2.75) is 12.5 Å². The lowest BCUT2D eigenvalue weighted by Gasteiger charge is -2.18. The Kier molecular flexibility index (Phi) is 6.55. The summed E-state index contributed by atoms with van der Waals surface area (Å²) in [6.45, 7) is -0.415. The molecular formula is C11H15ClN5O10P3. The zero-order valence-corrected chi connectivity index (χ0v) is 18.1. The number of anilines is 1. The van der Waals surface area contributed by atoms with Crippen LogP contribution in [0.1, 0.15) is 12.5 Å². The number of nitrogen functional groups attached to an aromatic ring is 1. The molecule has 4 atom stereocenters. The number of nitrogens with two attached hydrogens (primary N) is 1. The Morgan fingerprint density at radius 2 is 1.83 bits per heavy atom. The SMILES string of the molecule is Nc1nc(Cl)c2ncn([C@H]3C=C[C@@H](COP(=O)(O)OP(=O)(O)OP(=O)(O)O)C3)c2n1. The Bertz CT molecular complexity index is 1130. The molecule has 30 heavy (non-hydrogen) atoms. The molecule has 2 unspecified atom stereocenters. The molecule has 166 valence electrons. The summed E-state index contributed by atoms with van der Waals surface area (Å²) in [6, 6.07) is -0.283. The van der Waals surface area contributed by atoms with E-state index in [1.54, 1.807) is 16.7 Å². The van der Waals surface area contributed by atoms with Crippen molar-refractivity contribution >= 4 is 52.2 Å². The Morgan fingerprint density at radius 1 is 1.13 bits per heavy atom. The average Bonchev–Trinajstić information content (AvgIpc) is 3.15. The summed E-state index contributed by atoms with van der Waals surface area (Å²) >= 11 is 5.98. The maximum absolute atomic E-state index is 11.8. The first-order chi connectivity index (χ1) is 13.7. The molecule has 3 rings (SSSR count). The normalized spacial score (nSPS) is 23.5. The van der Waals surface area contributed by atoms with Gasteiger partial charge in [-0.3, -0.25) is 4.52 Å². The highest BCUT2D eigenvalue weighted by molar-refractivity contribution is 7.66. The smallest absolute Gasteiger partial charge is 0.368 e. The van der Waals surface area contributed by atoms with Gasteiger partial charge in [-0.05, 0) is 6.42 Å². The summed E-state index contributed by atoms with van der Waals surface area (Å²) in [4.78, 5) is 47.7. The minimum atomic E-state index is -5.56. The Labute approximate surface area is 172 Å². The minimum Gasteiger partial charge on any atom is -0.368 e. The Morgan fingerprint density at radius 3 is 2.50 bits per heavy atom. The van der Waals surface area contributed by atoms with Gasteiger partial charge in [0.05, 0.1) is 19.0 Å². The zero-order valence-electron chi connectivity index (χ0n) is 14.6. The lowest BCUT2D eigenvalue weighted by atomic mass is 10.1. The molecule has 1 aliphatic rings. The van der Waals surface area contributed by atoms with Gasteiger partial charge in [0.15, 0.2) is 10.8 Å². The topological polar surface area (TPSA) is 229 Å². The number of allylic oxidation sites excluding steroid dienone is 1. The fourth-order valence-electron chi connectivity index (χ4n) is 2.72. The molecule has 2 aromatic heterocycles. The van der Waals surface area contributed by atoms with Gasteiger partial charge in [-0.25, -0.2) is 18.7 Å². The highest BCUT2D eigenvalue weighted by atomic mass is 35.5. The number of nitrogens with zero attached hydrogens (tertiary/aromatic N) is 4. The highest BCUT2D eigenvalue weighted by Gasteiger charge is 2.41. The monoisotopic (exact) mass is 505 g/mol. The largest absolute Gasteiger partial charge is 0.490 e. The predicted octanol–water partition coefficient (Wildman–Crippen LogP) is 1.52. The lowest BCUT2D eigenvalue weighted by molar-refractivity contribution is 0.159. The standard InChI is InChI=1S/C11H15ClN5O10P3/c12-9-8-10(16-11(13)15-9)17(5-14-8)7-2-1-6(3-7)4-25-29(21,22)27-30(23,24)26-28(18,19)20/h1-2,5-7H,3-4H2,(H,21,22)(H,23,24)(H2,13,15,16)(H2,18,19,20)/t6-,7+/m1/s1. The molecule has 2 aromatic rings. The maximum Gasteiger partial charge on any atom is 0.490 e. The number of aromatic nitrogens is 4. The van der Waals surface area contributed by atoms with Crippen molar-refractivity contribution in [2.24, 2.45) is 5.92 Å². The van der Waals surface area contributed by atoms with E-state index >= 15 is 0 Å². The molecule has 0 saturated carbocycles. The second kappa shape index (κ2) is 8.38. The summed E-state index contributed by atoms with van der Waals surface area (Å²) in [5.74, 6) is -0.465. The molecule has 0 aliphatic heterocycles. The van der Waals surface area contributed by atoms with E-state index in [1.807, 2.05) is 0 Å². The van der Waals surface area contributed by atoms with Crippen molar-refractivity contribution < 1.29 is 46.4 Å². The fourth-order valence-corrected chi connectivity index (χ4v) is 6.01. The first kappa shape index (κ1) is 23.5. The van der Waals surface area contributed by atoms with E-state index in [0.29, 0.717) is 17.6 Å². The molecule has 0 amide bonds. The van der Waals surface area contributed by atoms with Gasteiger partial charge in [-0.2, -0.15) is 18.6 Å². The third kappa shape index (κ3) is 5.94. The summed E-state index contributed by atoms with van der Waals surface area (Å²) in [6.07, 6.45) is 5.25. The fraction of sp³-hybridized carbons (Fsp3) is 0.364. The number of rotatable bonds is 8. The Hall–Kier alpha value is -1.21. The van der Waals surface area contributed by atoms with Gasteiger partial charge < -0.3 is 29.9 Å². The van der Waals surface area contributed by atoms with Crippen molar-refractivity contribution in [1.82, 2.24) is 19.5 Å². The summed E-state index contributed by atoms with van der Waals surface area (Å²) in [5.41, 5.74) is 6.33. The summed E-state index contributed by atoms with van der Waals surface area (Å²) in [5, 5.41) is 0.0856. The van der Waals surface area contributed by atoms with E-state index in [9.17, 15) is 18.6 Å². The van der Waals surface area contributed by atoms with Gasteiger partial charge in [-0.15, -0.1) is 0 Å². The van der Waals surface area contributed by atoms with Crippen molar-refractivity contribution in [3.05, 3.63) is 23.6 Å². The molecule has 0 radical (unpaired) electrons. The maximum atomic E-state index is 11.8. The van der Waals surface area contributed by atoms with Gasteiger partial charge in [0.2, 0.25) is 5.95 Å². The second-order valence-electron chi connectivity index (χ2n) is 6.03. The first-order valence-electron chi connectivity index (χ1n) is 7.87. The number of fused-ring (bicyclic) bond motifs is 1. The van der Waals surface area contributed by atoms with E-state index in [0.717, 1.165) is 0 Å². The lowest BCUT2D eigenvalue weighted by Crippen LogP contribution is -2.10. The minimum absolute atomic E-state index is 0.0413. The van der Waals surface area contributed by atoms with Crippen LogP contribution in [0.3, 0.4) is 0 Å². The van der Waals surface area contributed by atoms with E-state index < -0.39 is 36.0 Å². The van der Waals surface area contributed by atoms with Crippen LogP contribution >= 0.6 is 35.1 Å². The van der Waals surface area contributed by atoms with Gasteiger partial charge >= 0.3 is 23.5 Å². The van der Waals surface area contributed by atoms with Gasteiger partial charge in [0.25, 0.3) is 0 Å². The van der Waals surface area contributed by atoms with Crippen LogP contribution < -0.4 is 5.73 Å². The number of phosphoric ester groups is 1. The van der Waals surface area contributed by atoms with E-state index in [1.165, 1.54) is 6.33 Å². The van der Waals surface area contributed by atoms with Crippen LogP contribution in [-0.4, -0.2) is 45.7 Å². The highest BCUT2D eigenvalue weighted by Crippen LogP contribution is 2.66. The molecule has 0 saturated heterocycles. The molecule has 0 spiro atoms. The van der Waals surface area contributed by atoms with E-state index in [2.05, 4.69) is 28.1 Å². The summed E-state index contributed by atoms with van der Waals surface area (Å²) < 4.78 is 47.4. The second-order valence-corrected chi connectivity index (χ2v) is 10.8. The van der Waals surface area contributed by atoms with Crippen LogP contribution in [0.5, 0.6) is 0 Å². The van der Waals surface area contributed by atoms with Crippen LogP contribution in [0.25, 0.3) is 11.2 Å². The van der Waals surface area contributed by atoms with Crippen LogP contribution in [0, 0.1) is 5.92 Å². The molecule has 0 bridgehead atoms. The van der Waals surface area contributed by atoms with Gasteiger partial charge in [0.1, 0.15) is 5.52 Å². The average molecular weight is 506 g/mol. The quantitative estimate of drug-likeness (QED) is 0.194. The van der Waals surface area contributed by atoms with Crippen molar-refractivity contribution in [2.75, 3.05) is 12.3 Å². The van der Waals surface area contributed by atoms with Crippen LogP contribution in [0.15, 0.2) is 18.5 Å². The molecule has 1 aliphatic carbocycles. The van der Waals surface area contributed by atoms with E-state index in [-0.39, 0.29) is 17.1 Å². The molecular weight excluding hydrogens is 491 g/mol. The van der Waals surface area contributed by atoms with Crippen LogP contribution in [-0.2, 0) is 26.8 Å². The van der Waals surface area contributed by atoms with E-state index in [4.69, 9.17) is 32.0 Å². The first-order valence-corrected chi connectivity index (χ1v) is 12.8. The molecule has 0 fully saturated rings. The summed E-state index contributed by atoms with van der Waals surface area (Å²) in [7, 11) is -16.2. The number of imidazole rings is 1.